The van der Waals surface area contributed by atoms with Crippen LogP contribution in [0.2, 0.25) is 0 Å². The first-order valence-corrected chi connectivity index (χ1v) is 5.65. The molecule has 0 spiro atoms. The molecule has 0 bridgehead atoms. The van der Waals surface area contributed by atoms with E-state index in [1.54, 1.807) is 5.56 Å². The largest absolute Gasteiger partial charge is 0.0613 e. The van der Waals surface area contributed by atoms with E-state index < -0.39 is 0 Å². The minimum Gasteiger partial charge on any atom is -0.0613 e. The van der Waals surface area contributed by atoms with Crippen molar-refractivity contribution in [2.24, 2.45) is 0 Å². The van der Waals surface area contributed by atoms with Crippen LogP contribution in [-0.2, 0) is 6.42 Å². The molecule has 75 valence electrons. The molecule has 0 aliphatic heterocycles. The summed E-state index contributed by atoms with van der Waals surface area (Å²) in [7, 11) is 0. The van der Waals surface area contributed by atoms with Gasteiger partial charge >= 0.3 is 0 Å². The second kappa shape index (κ2) is 3.76. The van der Waals surface area contributed by atoms with E-state index in [1.165, 1.54) is 29.9 Å². The Morgan fingerprint density at radius 2 is 2.00 bits per heavy atom. The van der Waals surface area contributed by atoms with Gasteiger partial charge in [-0.3, -0.25) is 0 Å². The van der Waals surface area contributed by atoms with Crippen molar-refractivity contribution in [1.29, 1.82) is 0 Å². The molecular formula is C14H19. The normalized spacial score (nSPS) is 16.3. The molecule has 0 aromatic heterocycles. The standard InChI is InChI=1S/C14H19/c1-4-11-5-8-13(12-6-7-12)9-14(11)10(2)3/h5,8-9,12H,4,6-7H2,1-3H3. The molecule has 0 saturated heterocycles. The topological polar surface area (TPSA) is 0 Å². The van der Waals surface area contributed by atoms with E-state index in [0.29, 0.717) is 0 Å². The summed E-state index contributed by atoms with van der Waals surface area (Å²) in [6.07, 6.45) is 3.94. The van der Waals surface area contributed by atoms with E-state index in [1.807, 2.05) is 0 Å². The monoisotopic (exact) mass is 187 g/mol. The summed E-state index contributed by atoms with van der Waals surface area (Å²) in [5, 5.41) is 0. The Hall–Kier alpha value is -0.780. The number of rotatable bonds is 3. The first-order valence-electron chi connectivity index (χ1n) is 5.65. The molecule has 1 aromatic carbocycles. The predicted molar refractivity (Wildman–Crippen MR) is 61.5 cm³/mol. The van der Waals surface area contributed by atoms with Gasteiger partial charge in [0.1, 0.15) is 0 Å². The molecule has 1 aromatic rings. The van der Waals surface area contributed by atoms with Crippen LogP contribution < -0.4 is 0 Å². The van der Waals surface area contributed by atoms with Crippen molar-refractivity contribution in [2.45, 2.75) is 46.0 Å². The highest BCUT2D eigenvalue weighted by atomic mass is 14.3. The molecule has 14 heavy (non-hydrogen) atoms. The van der Waals surface area contributed by atoms with Gasteiger partial charge in [0.25, 0.3) is 0 Å². The van der Waals surface area contributed by atoms with Crippen molar-refractivity contribution >= 4 is 0 Å². The van der Waals surface area contributed by atoms with Crippen molar-refractivity contribution < 1.29 is 0 Å². The third kappa shape index (κ3) is 1.84. The molecule has 1 aliphatic rings. The van der Waals surface area contributed by atoms with Crippen LogP contribution in [0.15, 0.2) is 18.2 Å². The van der Waals surface area contributed by atoms with Gasteiger partial charge in [0.2, 0.25) is 0 Å². The van der Waals surface area contributed by atoms with E-state index in [0.717, 1.165) is 12.3 Å². The Morgan fingerprint density at radius 1 is 1.29 bits per heavy atom. The molecule has 0 N–H and O–H groups in total. The second-order valence-electron chi connectivity index (χ2n) is 4.54. The van der Waals surface area contributed by atoms with Crippen LogP contribution in [0.3, 0.4) is 0 Å². The average Bonchev–Trinajstić information content (AvgIpc) is 3.00. The molecule has 1 radical (unpaired) electrons. The lowest BCUT2D eigenvalue weighted by Crippen LogP contribution is -1.97. The quantitative estimate of drug-likeness (QED) is 0.668. The van der Waals surface area contributed by atoms with Crippen molar-refractivity contribution in [3.63, 3.8) is 0 Å². The molecule has 0 nitrogen and oxygen atoms in total. The zero-order valence-electron chi connectivity index (χ0n) is 9.43. The minimum absolute atomic E-state index is 0.874. The molecule has 0 unspecified atom stereocenters. The molecule has 0 amide bonds. The highest BCUT2D eigenvalue weighted by Crippen LogP contribution is 2.41. The fraction of sp³-hybridized carbons (Fsp3) is 0.500. The summed E-state index contributed by atoms with van der Waals surface area (Å²) in [4.78, 5) is 0. The second-order valence-corrected chi connectivity index (χ2v) is 4.54. The summed E-state index contributed by atoms with van der Waals surface area (Å²) < 4.78 is 0. The molecule has 1 fully saturated rings. The van der Waals surface area contributed by atoms with E-state index in [4.69, 9.17) is 0 Å². The fourth-order valence-corrected chi connectivity index (χ4v) is 2.04. The van der Waals surface area contributed by atoms with Crippen molar-refractivity contribution in [3.05, 3.63) is 40.8 Å². The smallest absolute Gasteiger partial charge is 0.000912 e. The zero-order valence-corrected chi connectivity index (χ0v) is 9.43. The van der Waals surface area contributed by atoms with Crippen LogP contribution in [0.4, 0.5) is 0 Å². The predicted octanol–water partition coefficient (Wildman–Crippen LogP) is 4.09. The lowest BCUT2D eigenvalue weighted by atomic mass is 9.92. The van der Waals surface area contributed by atoms with Gasteiger partial charge in [-0.1, -0.05) is 39.0 Å². The molecule has 1 aliphatic carbocycles. The average molecular weight is 187 g/mol. The number of hydrogen-bond acceptors (Lipinski definition) is 0. The van der Waals surface area contributed by atoms with Gasteiger partial charge in [-0.2, -0.15) is 0 Å². The Bertz CT molecular complexity index is 319. The van der Waals surface area contributed by atoms with Crippen LogP contribution in [0.25, 0.3) is 0 Å². The third-order valence-corrected chi connectivity index (χ3v) is 3.10. The van der Waals surface area contributed by atoms with Crippen LogP contribution in [0, 0.1) is 5.92 Å². The first-order chi connectivity index (χ1) is 6.72. The van der Waals surface area contributed by atoms with Gasteiger partial charge in [0.15, 0.2) is 0 Å². The summed E-state index contributed by atoms with van der Waals surface area (Å²) >= 11 is 0. The van der Waals surface area contributed by atoms with Crippen LogP contribution >= 0.6 is 0 Å². The number of aryl methyl sites for hydroxylation is 1. The maximum absolute atomic E-state index is 2.41. The number of hydrogen-bond donors (Lipinski definition) is 0. The lowest BCUT2D eigenvalue weighted by molar-refractivity contribution is 1.03. The third-order valence-electron chi connectivity index (χ3n) is 3.10. The van der Waals surface area contributed by atoms with E-state index in [-0.39, 0.29) is 0 Å². The Morgan fingerprint density at radius 3 is 2.50 bits per heavy atom. The fourth-order valence-electron chi connectivity index (χ4n) is 2.04. The van der Waals surface area contributed by atoms with E-state index in [9.17, 15) is 0 Å². The molecular weight excluding hydrogens is 168 g/mol. The molecule has 2 rings (SSSR count). The Labute approximate surface area is 87.3 Å². The Balaban J connectivity index is 2.35. The van der Waals surface area contributed by atoms with E-state index >= 15 is 0 Å². The lowest BCUT2D eigenvalue weighted by Gasteiger charge is -2.12. The first kappa shape index (κ1) is 9.76. The van der Waals surface area contributed by atoms with Gasteiger partial charge in [-0.25, -0.2) is 0 Å². The molecule has 1 saturated carbocycles. The maximum atomic E-state index is 2.41. The molecule has 0 heterocycles. The minimum atomic E-state index is 0.874. The van der Waals surface area contributed by atoms with Gasteiger partial charge in [-0.05, 0) is 47.8 Å². The zero-order chi connectivity index (χ0) is 10.1. The van der Waals surface area contributed by atoms with Gasteiger partial charge in [0.05, 0.1) is 0 Å². The van der Waals surface area contributed by atoms with Crippen molar-refractivity contribution in [2.75, 3.05) is 0 Å². The SMILES string of the molecule is CCc1ccc(C2CC2)cc1[C](C)C. The van der Waals surface area contributed by atoms with Crippen molar-refractivity contribution in [3.8, 4) is 0 Å². The summed E-state index contributed by atoms with van der Waals surface area (Å²) in [5.74, 6) is 2.32. The summed E-state index contributed by atoms with van der Waals surface area (Å²) in [6, 6.07) is 7.05. The van der Waals surface area contributed by atoms with Crippen LogP contribution in [0.1, 0.15) is 56.2 Å². The van der Waals surface area contributed by atoms with Gasteiger partial charge in [-0.15, -0.1) is 0 Å². The van der Waals surface area contributed by atoms with Gasteiger partial charge < -0.3 is 0 Å². The van der Waals surface area contributed by atoms with E-state index in [2.05, 4.69) is 39.0 Å². The number of benzene rings is 1. The summed E-state index contributed by atoms with van der Waals surface area (Å²) in [5.41, 5.74) is 4.53. The highest BCUT2D eigenvalue weighted by Gasteiger charge is 2.24. The molecule has 0 heteroatoms. The molecule has 0 atom stereocenters. The maximum Gasteiger partial charge on any atom is -0.000912 e. The highest BCUT2D eigenvalue weighted by molar-refractivity contribution is 5.42. The van der Waals surface area contributed by atoms with Gasteiger partial charge in [0, 0.05) is 0 Å². The Kier molecular flexibility index (Phi) is 2.62. The summed E-state index contributed by atoms with van der Waals surface area (Å²) in [6.45, 7) is 6.66. The van der Waals surface area contributed by atoms with Crippen molar-refractivity contribution in [1.82, 2.24) is 0 Å². The van der Waals surface area contributed by atoms with Crippen LogP contribution in [0.5, 0.6) is 0 Å². The van der Waals surface area contributed by atoms with Crippen LogP contribution in [-0.4, -0.2) is 0 Å².